The fraction of sp³-hybridized carbons (Fsp3) is 0.310. The zero-order valence-corrected chi connectivity index (χ0v) is 19.6. The van der Waals surface area contributed by atoms with Crippen LogP contribution in [0.5, 0.6) is 11.5 Å². The van der Waals surface area contributed by atoms with Crippen molar-refractivity contribution in [1.82, 2.24) is 5.32 Å². The monoisotopic (exact) mass is 438 g/mol. The van der Waals surface area contributed by atoms with Gasteiger partial charge >= 0.3 is 0 Å². The number of ether oxygens (including phenoxy) is 1. The molecule has 1 heterocycles. The Balaban J connectivity index is 1.48. The van der Waals surface area contributed by atoms with Crippen LogP contribution in [0.25, 0.3) is 22.0 Å². The number of carbonyl (C=O) groups is 1. The van der Waals surface area contributed by atoms with Crippen molar-refractivity contribution in [2.24, 2.45) is 4.99 Å². The number of rotatable bonds is 8. The highest BCUT2D eigenvalue weighted by Crippen LogP contribution is 2.47. The second-order valence-corrected chi connectivity index (χ2v) is 9.16. The molecule has 0 spiro atoms. The predicted octanol–water partition coefficient (Wildman–Crippen LogP) is 7.09. The zero-order valence-electron chi connectivity index (χ0n) is 19.6. The van der Waals surface area contributed by atoms with Gasteiger partial charge in [-0.3, -0.25) is 9.79 Å². The third-order valence-corrected chi connectivity index (χ3v) is 6.54. The van der Waals surface area contributed by atoms with Crippen molar-refractivity contribution in [3.05, 3.63) is 71.3 Å². The molecule has 0 bridgehead atoms. The van der Waals surface area contributed by atoms with E-state index in [4.69, 9.17) is 9.73 Å². The van der Waals surface area contributed by atoms with Gasteiger partial charge in [-0.25, -0.2) is 0 Å². The number of nitrogens with one attached hydrogen (secondary N) is 1. The summed E-state index contributed by atoms with van der Waals surface area (Å²) in [5.41, 5.74) is 5.78. The molecule has 0 saturated carbocycles. The van der Waals surface area contributed by atoms with Crippen LogP contribution in [0.2, 0.25) is 0 Å². The van der Waals surface area contributed by atoms with Crippen LogP contribution in [-0.2, 0) is 4.79 Å². The third kappa shape index (κ3) is 3.84. The Morgan fingerprint density at radius 2 is 1.76 bits per heavy atom. The summed E-state index contributed by atoms with van der Waals surface area (Å²) in [4.78, 5) is 17.4. The van der Waals surface area contributed by atoms with Crippen molar-refractivity contribution >= 4 is 33.7 Å². The average Bonchev–Trinajstić information content (AvgIpc) is 3.30. The number of carbonyl (C=O) groups excluding carboxylic acids is 1. The number of hydrogen-bond donors (Lipinski definition) is 1. The van der Waals surface area contributed by atoms with E-state index in [2.05, 4.69) is 56.4 Å². The van der Waals surface area contributed by atoms with Gasteiger partial charge in [0, 0.05) is 28.5 Å². The molecule has 0 radical (unpaired) electrons. The fourth-order valence-electron chi connectivity index (χ4n) is 4.75. The molecule has 0 aromatic heterocycles. The summed E-state index contributed by atoms with van der Waals surface area (Å²) in [6.45, 7) is 7.26. The number of fused-ring (bicyclic) bond motifs is 2. The van der Waals surface area contributed by atoms with Gasteiger partial charge in [0.2, 0.25) is 0 Å². The van der Waals surface area contributed by atoms with Crippen molar-refractivity contribution in [2.45, 2.75) is 52.4 Å². The van der Waals surface area contributed by atoms with E-state index >= 15 is 0 Å². The normalized spacial score (nSPS) is 15.6. The molecule has 1 amide bonds. The van der Waals surface area contributed by atoms with Crippen LogP contribution in [0.15, 0.2) is 59.6 Å². The molecule has 33 heavy (non-hydrogen) atoms. The first-order valence-electron chi connectivity index (χ1n) is 12.0. The van der Waals surface area contributed by atoms with Gasteiger partial charge in [-0.2, -0.15) is 0 Å². The third-order valence-electron chi connectivity index (χ3n) is 6.54. The Bertz CT molecular complexity index is 1280. The van der Waals surface area contributed by atoms with E-state index in [-0.39, 0.29) is 5.91 Å². The van der Waals surface area contributed by atoms with Crippen LogP contribution >= 0.6 is 0 Å². The van der Waals surface area contributed by atoms with Gasteiger partial charge in [0.1, 0.15) is 17.2 Å². The number of unbranched alkanes of at least 4 members (excludes halogenated alkanes) is 3. The lowest BCUT2D eigenvalue weighted by Crippen LogP contribution is -2.22. The molecule has 0 fully saturated rings. The highest BCUT2D eigenvalue weighted by Gasteiger charge is 2.37. The maximum Gasteiger partial charge on any atom is 0.274 e. The summed E-state index contributed by atoms with van der Waals surface area (Å²) in [6.07, 6.45) is 4.56. The Morgan fingerprint density at radius 3 is 2.52 bits per heavy atom. The van der Waals surface area contributed by atoms with Gasteiger partial charge in [-0.1, -0.05) is 70.4 Å². The van der Waals surface area contributed by atoms with Crippen LogP contribution in [0.1, 0.15) is 69.1 Å². The van der Waals surface area contributed by atoms with Gasteiger partial charge in [0.15, 0.2) is 0 Å². The lowest BCUT2D eigenvalue weighted by atomic mass is 9.99. The minimum atomic E-state index is -0.0938. The van der Waals surface area contributed by atoms with Gasteiger partial charge in [-0.15, -0.1) is 0 Å². The quantitative estimate of drug-likeness (QED) is 0.382. The highest BCUT2D eigenvalue weighted by atomic mass is 16.5. The van der Waals surface area contributed by atoms with Crippen molar-refractivity contribution in [3.63, 3.8) is 0 Å². The standard InChI is InChI=1S/C29H30N2O2/c1-4-5-6-7-17-30-28-26-22-15-16-24(33-20-13-11-19(12-14-20)18(2)3)21-9-8-10-23(25(21)22)27(26)31-29(28)32/h8-16,18H,4-7,17H2,1-3H3,(H,30,31,32). The van der Waals surface area contributed by atoms with Gasteiger partial charge in [0.25, 0.3) is 5.91 Å². The first-order valence-corrected chi connectivity index (χ1v) is 12.0. The molecule has 5 rings (SSSR count). The topological polar surface area (TPSA) is 50.7 Å². The van der Waals surface area contributed by atoms with Crippen molar-refractivity contribution in [2.75, 3.05) is 6.54 Å². The Hall–Kier alpha value is -3.40. The van der Waals surface area contributed by atoms with Crippen molar-refractivity contribution < 1.29 is 9.53 Å². The average molecular weight is 439 g/mol. The molecule has 1 aliphatic heterocycles. The number of amides is 1. The molecule has 3 aromatic rings. The minimum Gasteiger partial charge on any atom is -0.457 e. The smallest absolute Gasteiger partial charge is 0.274 e. The maximum atomic E-state index is 12.7. The molecule has 0 saturated heterocycles. The van der Waals surface area contributed by atoms with Crippen LogP contribution in [0, 0.1) is 0 Å². The fourth-order valence-corrected chi connectivity index (χ4v) is 4.75. The lowest BCUT2D eigenvalue weighted by Gasteiger charge is -2.13. The lowest BCUT2D eigenvalue weighted by molar-refractivity contribution is -0.113. The van der Waals surface area contributed by atoms with Crippen molar-refractivity contribution in [3.8, 4) is 11.5 Å². The molecule has 0 atom stereocenters. The van der Waals surface area contributed by atoms with Crippen LogP contribution < -0.4 is 10.1 Å². The number of benzene rings is 3. The highest BCUT2D eigenvalue weighted by molar-refractivity contribution is 6.64. The summed E-state index contributed by atoms with van der Waals surface area (Å²) in [5.74, 6) is 2.03. The van der Waals surface area contributed by atoms with E-state index in [0.29, 0.717) is 18.2 Å². The first kappa shape index (κ1) is 21.4. The summed E-state index contributed by atoms with van der Waals surface area (Å²) < 4.78 is 6.30. The molecule has 2 aliphatic rings. The number of hydrogen-bond acceptors (Lipinski definition) is 3. The van der Waals surface area contributed by atoms with Crippen LogP contribution in [0.4, 0.5) is 0 Å². The van der Waals surface area contributed by atoms with E-state index < -0.39 is 0 Å². The van der Waals surface area contributed by atoms with Gasteiger partial charge < -0.3 is 10.1 Å². The van der Waals surface area contributed by atoms with E-state index in [1.54, 1.807) is 0 Å². The van der Waals surface area contributed by atoms with Gasteiger partial charge in [0.05, 0.1) is 5.70 Å². The van der Waals surface area contributed by atoms with Crippen LogP contribution in [-0.4, -0.2) is 18.2 Å². The first-order chi connectivity index (χ1) is 16.1. The molecular formula is C29H30N2O2. The summed E-state index contributed by atoms with van der Waals surface area (Å²) >= 11 is 0. The molecule has 4 heteroatoms. The Labute approximate surface area is 195 Å². The van der Waals surface area contributed by atoms with Crippen molar-refractivity contribution in [1.29, 1.82) is 0 Å². The number of nitrogens with zero attached hydrogens (tertiary/aromatic N) is 1. The zero-order chi connectivity index (χ0) is 22.9. The molecule has 168 valence electrons. The summed E-state index contributed by atoms with van der Waals surface area (Å²) in [5, 5.41) is 5.25. The molecular weight excluding hydrogens is 408 g/mol. The number of aliphatic imine (C=N–C) groups is 1. The largest absolute Gasteiger partial charge is 0.457 e. The predicted molar refractivity (Wildman–Crippen MR) is 136 cm³/mol. The second-order valence-electron chi connectivity index (χ2n) is 9.16. The van der Waals surface area contributed by atoms with E-state index in [1.165, 1.54) is 18.4 Å². The Kier molecular flexibility index (Phi) is 5.76. The minimum absolute atomic E-state index is 0.0938. The van der Waals surface area contributed by atoms with Gasteiger partial charge in [-0.05, 0) is 47.7 Å². The van der Waals surface area contributed by atoms with E-state index in [9.17, 15) is 4.79 Å². The molecule has 0 unspecified atom stereocenters. The Morgan fingerprint density at radius 1 is 0.939 bits per heavy atom. The summed E-state index contributed by atoms with van der Waals surface area (Å²) in [6, 6.07) is 18.6. The second kappa shape index (κ2) is 8.86. The molecule has 4 nitrogen and oxygen atoms in total. The molecule has 1 N–H and O–H groups in total. The van der Waals surface area contributed by atoms with E-state index in [1.807, 2.05) is 24.3 Å². The van der Waals surface area contributed by atoms with Crippen LogP contribution in [0.3, 0.4) is 0 Å². The van der Waals surface area contributed by atoms with E-state index in [0.717, 1.165) is 57.5 Å². The maximum absolute atomic E-state index is 12.7. The molecule has 3 aromatic carbocycles. The SMILES string of the molecule is CCCCCCN=C1C(=O)NC2=C1c1ccc(Oc3ccc(C(C)C)cc3)c3cccc2c13. The summed E-state index contributed by atoms with van der Waals surface area (Å²) in [7, 11) is 0. The molecule has 1 aliphatic carbocycles.